The summed E-state index contributed by atoms with van der Waals surface area (Å²) in [6.45, 7) is 5.82. The molecular weight excluding hydrogens is 342 g/mol. The number of nitrogens with zero attached hydrogens (tertiary/aromatic N) is 7. The first-order valence-electron chi connectivity index (χ1n) is 9.53. The Hall–Kier alpha value is -2.74. The molecule has 5 rings (SSSR count). The van der Waals surface area contributed by atoms with Gasteiger partial charge in [-0.05, 0) is 24.6 Å². The van der Waals surface area contributed by atoms with Gasteiger partial charge in [0.15, 0.2) is 0 Å². The van der Waals surface area contributed by atoms with Crippen LogP contribution in [-0.4, -0.2) is 55.4 Å². The van der Waals surface area contributed by atoms with Crippen molar-refractivity contribution in [2.24, 2.45) is 7.05 Å². The van der Waals surface area contributed by atoms with Crippen LogP contribution in [0.4, 0.5) is 5.69 Å². The molecule has 4 heterocycles. The average molecular weight is 365 g/mol. The first kappa shape index (κ1) is 16.4. The molecule has 8 nitrogen and oxygen atoms in total. The number of piperazine rings is 1. The lowest BCUT2D eigenvalue weighted by atomic mass is 10.2. The van der Waals surface area contributed by atoms with E-state index in [-0.39, 0.29) is 5.56 Å². The maximum Gasteiger partial charge on any atom is 0.260 e. The highest BCUT2D eigenvalue weighted by Gasteiger charge is 2.22. The Morgan fingerprint density at radius 1 is 1.07 bits per heavy atom. The van der Waals surface area contributed by atoms with E-state index in [0.717, 1.165) is 68.5 Å². The first-order valence-corrected chi connectivity index (χ1v) is 9.53. The smallest absolute Gasteiger partial charge is 0.260 e. The highest BCUT2D eigenvalue weighted by molar-refractivity contribution is 5.81. The number of anilines is 1. The molecule has 1 aromatic carbocycles. The van der Waals surface area contributed by atoms with Gasteiger partial charge >= 0.3 is 0 Å². The molecule has 0 N–H and O–H groups in total. The summed E-state index contributed by atoms with van der Waals surface area (Å²) in [5, 5.41) is 9.35. The summed E-state index contributed by atoms with van der Waals surface area (Å²) < 4.78 is 3.80. The maximum absolute atomic E-state index is 12.2. The number of aryl methyl sites for hydroxylation is 2. The van der Waals surface area contributed by atoms with Crippen LogP contribution in [0, 0.1) is 0 Å². The van der Waals surface area contributed by atoms with Crippen LogP contribution < -0.4 is 10.5 Å². The van der Waals surface area contributed by atoms with Crippen molar-refractivity contribution in [2.75, 3.05) is 31.1 Å². The fraction of sp³-hybridized carbons (Fsp3) is 0.474. The molecule has 1 saturated heterocycles. The van der Waals surface area contributed by atoms with Gasteiger partial charge in [-0.1, -0.05) is 0 Å². The number of rotatable bonds is 3. The third kappa shape index (κ3) is 2.90. The molecular formula is C19H23N7O. The van der Waals surface area contributed by atoms with E-state index in [2.05, 4.69) is 29.5 Å². The van der Waals surface area contributed by atoms with E-state index in [0.29, 0.717) is 5.39 Å². The molecule has 2 aromatic heterocycles. The molecule has 0 atom stereocenters. The van der Waals surface area contributed by atoms with Crippen molar-refractivity contribution in [3.8, 4) is 0 Å². The molecule has 0 amide bonds. The summed E-state index contributed by atoms with van der Waals surface area (Å²) in [4.78, 5) is 21.4. The van der Waals surface area contributed by atoms with Crippen molar-refractivity contribution in [3.63, 3.8) is 0 Å². The molecule has 0 bridgehead atoms. The number of aromatic nitrogens is 5. The van der Waals surface area contributed by atoms with Crippen LogP contribution in [0.25, 0.3) is 10.9 Å². The Kier molecular flexibility index (Phi) is 3.93. The molecule has 0 unspecified atom stereocenters. The second-order valence-electron chi connectivity index (χ2n) is 7.41. The second-order valence-corrected chi connectivity index (χ2v) is 7.41. The fourth-order valence-electron chi connectivity index (χ4n) is 4.09. The van der Waals surface area contributed by atoms with E-state index in [9.17, 15) is 4.79 Å². The molecule has 0 aliphatic carbocycles. The first-order chi connectivity index (χ1) is 13.2. The SMILES string of the molecule is Cn1cnc2cc(N3CCN(Cc4nnc5n4CCC5)CC3)ccc2c1=O. The molecule has 2 aliphatic heterocycles. The molecule has 27 heavy (non-hydrogen) atoms. The summed E-state index contributed by atoms with van der Waals surface area (Å²) in [5.74, 6) is 2.24. The average Bonchev–Trinajstić information content (AvgIpc) is 3.30. The van der Waals surface area contributed by atoms with Crippen LogP contribution in [0.2, 0.25) is 0 Å². The van der Waals surface area contributed by atoms with Gasteiger partial charge in [-0.15, -0.1) is 10.2 Å². The quantitative estimate of drug-likeness (QED) is 0.684. The Balaban J connectivity index is 1.28. The summed E-state index contributed by atoms with van der Waals surface area (Å²) in [6.07, 6.45) is 3.83. The van der Waals surface area contributed by atoms with E-state index < -0.39 is 0 Å². The lowest BCUT2D eigenvalue weighted by Crippen LogP contribution is -2.46. The van der Waals surface area contributed by atoms with Crippen LogP contribution in [0.15, 0.2) is 29.3 Å². The third-order valence-electron chi connectivity index (χ3n) is 5.69. The van der Waals surface area contributed by atoms with E-state index in [1.165, 1.54) is 11.0 Å². The summed E-state index contributed by atoms with van der Waals surface area (Å²) in [5.41, 5.74) is 1.89. The molecule has 1 fully saturated rings. The van der Waals surface area contributed by atoms with Crippen LogP contribution in [0.1, 0.15) is 18.1 Å². The zero-order valence-electron chi connectivity index (χ0n) is 15.5. The fourth-order valence-corrected chi connectivity index (χ4v) is 4.09. The normalized spacial score (nSPS) is 17.6. The lowest BCUT2D eigenvalue weighted by molar-refractivity contribution is 0.240. The summed E-state index contributed by atoms with van der Waals surface area (Å²) >= 11 is 0. The largest absolute Gasteiger partial charge is 0.369 e. The monoisotopic (exact) mass is 365 g/mol. The van der Waals surface area contributed by atoms with Crippen molar-refractivity contribution in [1.82, 2.24) is 29.2 Å². The van der Waals surface area contributed by atoms with Gasteiger partial charge in [-0.3, -0.25) is 9.69 Å². The summed E-state index contributed by atoms with van der Waals surface area (Å²) in [7, 11) is 1.73. The van der Waals surface area contributed by atoms with Crippen LogP contribution in [-0.2, 0) is 26.6 Å². The van der Waals surface area contributed by atoms with Gasteiger partial charge in [0.25, 0.3) is 5.56 Å². The number of fused-ring (bicyclic) bond motifs is 2. The Bertz CT molecular complexity index is 1050. The highest BCUT2D eigenvalue weighted by atomic mass is 16.1. The van der Waals surface area contributed by atoms with Crippen molar-refractivity contribution in [2.45, 2.75) is 25.9 Å². The molecule has 0 saturated carbocycles. The minimum Gasteiger partial charge on any atom is -0.369 e. The third-order valence-corrected chi connectivity index (χ3v) is 5.69. The van der Waals surface area contributed by atoms with Crippen molar-refractivity contribution >= 4 is 16.6 Å². The van der Waals surface area contributed by atoms with Crippen LogP contribution in [0.5, 0.6) is 0 Å². The number of benzene rings is 1. The standard InChI is InChI=1S/C19H23N7O/c1-23-13-20-16-11-14(4-5-15(16)19(23)27)25-9-7-24(8-10-25)12-18-22-21-17-3-2-6-26(17)18/h4-5,11,13H,2-3,6-10,12H2,1H3. The molecule has 2 aliphatic rings. The zero-order chi connectivity index (χ0) is 18.4. The second kappa shape index (κ2) is 6.45. The van der Waals surface area contributed by atoms with E-state index in [1.54, 1.807) is 13.4 Å². The van der Waals surface area contributed by atoms with Crippen LogP contribution >= 0.6 is 0 Å². The Labute approximate surface area is 157 Å². The predicted octanol–water partition coefficient (Wildman–Crippen LogP) is 0.793. The zero-order valence-corrected chi connectivity index (χ0v) is 15.5. The van der Waals surface area contributed by atoms with E-state index >= 15 is 0 Å². The minimum absolute atomic E-state index is 0.00258. The molecule has 0 radical (unpaired) electrons. The number of hydrogen-bond acceptors (Lipinski definition) is 6. The molecule has 0 spiro atoms. The molecule has 3 aromatic rings. The topological polar surface area (TPSA) is 72.1 Å². The lowest BCUT2D eigenvalue weighted by Gasteiger charge is -2.35. The highest BCUT2D eigenvalue weighted by Crippen LogP contribution is 2.21. The molecule has 8 heteroatoms. The number of hydrogen-bond donors (Lipinski definition) is 0. The van der Waals surface area contributed by atoms with Gasteiger partial charge in [-0.2, -0.15) is 0 Å². The molecule has 140 valence electrons. The van der Waals surface area contributed by atoms with Gasteiger partial charge in [0, 0.05) is 51.9 Å². The minimum atomic E-state index is -0.00258. The summed E-state index contributed by atoms with van der Waals surface area (Å²) in [6, 6.07) is 5.95. The van der Waals surface area contributed by atoms with Gasteiger partial charge in [0.05, 0.1) is 23.8 Å². The maximum atomic E-state index is 12.2. The van der Waals surface area contributed by atoms with Crippen molar-refractivity contribution < 1.29 is 0 Å². The van der Waals surface area contributed by atoms with Gasteiger partial charge < -0.3 is 14.0 Å². The van der Waals surface area contributed by atoms with Gasteiger partial charge in [0.1, 0.15) is 11.6 Å². The van der Waals surface area contributed by atoms with E-state index in [4.69, 9.17) is 0 Å². The van der Waals surface area contributed by atoms with Crippen molar-refractivity contribution in [1.29, 1.82) is 0 Å². The van der Waals surface area contributed by atoms with Gasteiger partial charge in [-0.25, -0.2) is 4.98 Å². The van der Waals surface area contributed by atoms with Crippen LogP contribution in [0.3, 0.4) is 0 Å². The predicted molar refractivity (Wildman–Crippen MR) is 103 cm³/mol. The van der Waals surface area contributed by atoms with Gasteiger partial charge in [0.2, 0.25) is 0 Å². The Morgan fingerprint density at radius 2 is 1.93 bits per heavy atom. The van der Waals surface area contributed by atoms with E-state index in [1.807, 2.05) is 18.2 Å². The van der Waals surface area contributed by atoms with Crippen molar-refractivity contribution in [3.05, 3.63) is 46.5 Å². The Morgan fingerprint density at radius 3 is 2.78 bits per heavy atom.